The van der Waals surface area contributed by atoms with Crippen molar-refractivity contribution >= 4 is 11.9 Å². The maximum atomic E-state index is 12.0. The number of hydrogen-bond acceptors (Lipinski definition) is 3. The summed E-state index contributed by atoms with van der Waals surface area (Å²) < 4.78 is 0. The van der Waals surface area contributed by atoms with Crippen LogP contribution >= 0.6 is 0 Å². The molecule has 1 amide bonds. The van der Waals surface area contributed by atoms with E-state index in [4.69, 9.17) is 5.11 Å². The minimum Gasteiger partial charge on any atom is -0.480 e. The van der Waals surface area contributed by atoms with Crippen molar-refractivity contribution in [1.82, 2.24) is 9.88 Å². The molecule has 0 aromatic carbocycles. The molecule has 0 radical (unpaired) electrons. The smallest absolute Gasteiger partial charge is 0.323 e. The van der Waals surface area contributed by atoms with Crippen LogP contribution in [0.3, 0.4) is 0 Å². The minimum atomic E-state index is -0.995. The van der Waals surface area contributed by atoms with Crippen LogP contribution in [-0.4, -0.2) is 40.0 Å². The summed E-state index contributed by atoms with van der Waals surface area (Å²) in [6, 6.07) is 5.34. The van der Waals surface area contributed by atoms with E-state index < -0.39 is 5.97 Å². The molecule has 5 nitrogen and oxygen atoms in total. The summed E-state index contributed by atoms with van der Waals surface area (Å²) >= 11 is 0. The minimum absolute atomic E-state index is 0.140. The molecule has 98 valence electrons. The van der Waals surface area contributed by atoms with Crippen molar-refractivity contribution in [3.05, 3.63) is 30.1 Å². The van der Waals surface area contributed by atoms with E-state index in [1.807, 2.05) is 13.8 Å². The molecule has 1 rings (SSSR count). The zero-order valence-electron chi connectivity index (χ0n) is 10.7. The van der Waals surface area contributed by atoms with Crippen molar-refractivity contribution < 1.29 is 14.7 Å². The molecule has 0 aliphatic carbocycles. The first-order valence-corrected chi connectivity index (χ1v) is 5.88. The monoisotopic (exact) mass is 250 g/mol. The topological polar surface area (TPSA) is 70.5 Å². The third-order valence-electron chi connectivity index (χ3n) is 2.32. The van der Waals surface area contributed by atoms with Gasteiger partial charge in [-0.05, 0) is 18.1 Å². The van der Waals surface area contributed by atoms with Crippen molar-refractivity contribution in [2.75, 3.05) is 13.1 Å². The summed E-state index contributed by atoms with van der Waals surface area (Å²) in [6.07, 6.45) is 1.76. The molecule has 1 heterocycles. The first-order chi connectivity index (χ1) is 8.49. The Morgan fingerprint density at radius 3 is 2.61 bits per heavy atom. The van der Waals surface area contributed by atoms with Crippen LogP contribution in [0, 0.1) is 5.92 Å². The molecule has 1 aromatic rings. The number of hydrogen-bond donors (Lipinski definition) is 1. The predicted molar refractivity (Wildman–Crippen MR) is 67.0 cm³/mol. The van der Waals surface area contributed by atoms with Gasteiger partial charge in [-0.15, -0.1) is 0 Å². The highest BCUT2D eigenvalue weighted by Gasteiger charge is 2.18. The van der Waals surface area contributed by atoms with Crippen molar-refractivity contribution in [1.29, 1.82) is 0 Å². The van der Waals surface area contributed by atoms with Crippen molar-refractivity contribution in [3.63, 3.8) is 0 Å². The van der Waals surface area contributed by atoms with Crippen molar-refractivity contribution in [2.24, 2.45) is 5.92 Å². The normalized spacial score (nSPS) is 10.4. The molecule has 0 spiro atoms. The number of carbonyl (C=O) groups is 2. The molecule has 18 heavy (non-hydrogen) atoms. The second-order valence-corrected chi connectivity index (χ2v) is 4.56. The lowest BCUT2D eigenvalue weighted by molar-refractivity contribution is -0.144. The van der Waals surface area contributed by atoms with Gasteiger partial charge in [-0.3, -0.25) is 14.6 Å². The second-order valence-electron chi connectivity index (χ2n) is 4.56. The molecule has 1 aromatic heterocycles. The van der Waals surface area contributed by atoms with Gasteiger partial charge in [-0.25, -0.2) is 0 Å². The largest absolute Gasteiger partial charge is 0.480 e. The van der Waals surface area contributed by atoms with Crippen LogP contribution in [0.25, 0.3) is 0 Å². The SMILES string of the molecule is CC(C)CN(CC(=O)O)C(=O)Cc1ccccn1. The molecular formula is C13H18N2O3. The molecule has 0 saturated heterocycles. The van der Waals surface area contributed by atoms with Crippen LogP contribution in [0.5, 0.6) is 0 Å². The van der Waals surface area contributed by atoms with Gasteiger partial charge in [-0.2, -0.15) is 0 Å². The van der Waals surface area contributed by atoms with Crippen LogP contribution in [0.4, 0.5) is 0 Å². The summed E-state index contributed by atoms with van der Waals surface area (Å²) in [4.78, 5) is 28.2. The van der Waals surface area contributed by atoms with Crippen LogP contribution in [0.15, 0.2) is 24.4 Å². The molecule has 0 aliphatic rings. The van der Waals surface area contributed by atoms with Gasteiger partial charge in [0.05, 0.1) is 6.42 Å². The van der Waals surface area contributed by atoms with E-state index in [0.29, 0.717) is 12.2 Å². The number of nitrogens with zero attached hydrogens (tertiary/aromatic N) is 2. The molecule has 5 heteroatoms. The molecule has 0 unspecified atom stereocenters. The fourth-order valence-corrected chi connectivity index (χ4v) is 1.63. The van der Waals surface area contributed by atoms with Crippen LogP contribution in [0.2, 0.25) is 0 Å². The average Bonchev–Trinajstić information content (AvgIpc) is 2.28. The maximum absolute atomic E-state index is 12.0. The number of carbonyl (C=O) groups excluding carboxylic acids is 1. The number of carboxylic acids is 1. The fraction of sp³-hybridized carbons (Fsp3) is 0.462. The lowest BCUT2D eigenvalue weighted by Crippen LogP contribution is -2.39. The standard InChI is InChI=1S/C13H18N2O3/c1-10(2)8-15(9-13(17)18)12(16)7-11-5-3-4-6-14-11/h3-6,10H,7-9H2,1-2H3,(H,17,18). The summed E-state index contributed by atoms with van der Waals surface area (Å²) in [6.45, 7) is 4.08. The Labute approximate surface area is 106 Å². The fourth-order valence-electron chi connectivity index (χ4n) is 1.63. The number of amides is 1. The average molecular weight is 250 g/mol. The number of rotatable bonds is 6. The lowest BCUT2D eigenvalue weighted by atomic mass is 10.2. The Bertz CT molecular complexity index is 404. The van der Waals surface area contributed by atoms with Gasteiger partial charge in [0.2, 0.25) is 5.91 Å². The van der Waals surface area contributed by atoms with Gasteiger partial charge in [-0.1, -0.05) is 19.9 Å². The molecule has 1 N–H and O–H groups in total. The number of carboxylic acid groups (broad SMARTS) is 1. The Morgan fingerprint density at radius 2 is 2.11 bits per heavy atom. The Balaban J connectivity index is 2.67. The van der Waals surface area contributed by atoms with E-state index in [0.717, 1.165) is 0 Å². The Kier molecular flexibility index (Phi) is 5.30. The van der Waals surface area contributed by atoms with Crippen molar-refractivity contribution in [2.45, 2.75) is 20.3 Å². The van der Waals surface area contributed by atoms with Gasteiger partial charge >= 0.3 is 5.97 Å². The molecule has 0 bridgehead atoms. The van der Waals surface area contributed by atoms with E-state index >= 15 is 0 Å². The predicted octanol–water partition coefficient (Wildman–Crippen LogP) is 1.19. The van der Waals surface area contributed by atoms with E-state index in [2.05, 4.69) is 4.98 Å². The summed E-state index contributed by atoms with van der Waals surface area (Å²) in [7, 11) is 0. The van der Waals surface area contributed by atoms with Crippen molar-refractivity contribution in [3.8, 4) is 0 Å². The van der Waals surface area contributed by atoms with Crippen LogP contribution in [-0.2, 0) is 16.0 Å². The number of pyridine rings is 1. The number of aliphatic carboxylic acids is 1. The maximum Gasteiger partial charge on any atom is 0.323 e. The van der Waals surface area contributed by atoms with Crippen LogP contribution < -0.4 is 0 Å². The lowest BCUT2D eigenvalue weighted by Gasteiger charge is -2.22. The molecule has 0 atom stereocenters. The summed E-state index contributed by atoms with van der Waals surface area (Å²) in [5.41, 5.74) is 0.654. The first-order valence-electron chi connectivity index (χ1n) is 5.88. The van der Waals surface area contributed by atoms with Gasteiger partial charge in [0.25, 0.3) is 0 Å². The molecule has 0 fully saturated rings. The third-order valence-corrected chi connectivity index (χ3v) is 2.32. The third kappa shape index (κ3) is 4.95. The highest BCUT2D eigenvalue weighted by atomic mass is 16.4. The molecule has 0 saturated carbocycles. The summed E-state index contributed by atoms with van der Waals surface area (Å²) in [5.74, 6) is -0.966. The number of aromatic nitrogens is 1. The van der Waals surface area contributed by atoms with E-state index in [9.17, 15) is 9.59 Å². The zero-order valence-corrected chi connectivity index (χ0v) is 10.7. The van der Waals surface area contributed by atoms with Crippen LogP contribution in [0.1, 0.15) is 19.5 Å². The Morgan fingerprint density at radius 1 is 1.39 bits per heavy atom. The van der Waals surface area contributed by atoms with Gasteiger partial charge < -0.3 is 10.0 Å². The quantitative estimate of drug-likeness (QED) is 0.823. The van der Waals surface area contributed by atoms with E-state index in [1.165, 1.54) is 4.90 Å². The first kappa shape index (κ1) is 14.2. The van der Waals surface area contributed by atoms with Gasteiger partial charge in [0.1, 0.15) is 6.54 Å². The highest BCUT2D eigenvalue weighted by Crippen LogP contribution is 2.03. The molecular weight excluding hydrogens is 232 g/mol. The highest BCUT2D eigenvalue weighted by molar-refractivity contribution is 5.82. The Hall–Kier alpha value is -1.91. The second kappa shape index (κ2) is 6.74. The zero-order chi connectivity index (χ0) is 13.5. The van der Waals surface area contributed by atoms with E-state index in [-0.39, 0.29) is 24.8 Å². The van der Waals surface area contributed by atoms with Gasteiger partial charge in [0.15, 0.2) is 0 Å². The molecule has 0 aliphatic heterocycles. The van der Waals surface area contributed by atoms with Gasteiger partial charge in [0, 0.05) is 18.4 Å². The van der Waals surface area contributed by atoms with E-state index in [1.54, 1.807) is 24.4 Å². The summed E-state index contributed by atoms with van der Waals surface area (Å²) in [5, 5.41) is 8.80.